The van der Waals surface area contributed by atoms with E-state index in [1.165, 1.54) is 5.56 Å². The average molecular weight is 389 g/mol. The minimum absolute atomic E-state index is 0.294. The number of hydrogen-bond donors (Lipinski definition) is 3. The summed E-state index contributed by atoms with van der Waals surface area (Å²) in [4.78, 5) is 27.2. The van der Waals surface area contributed by atoms with Crippen molar-refractivity contribution in [2.45, 2.75) is 6.42 Å². The lowest BCUT2D eigenvalue weighted by molar-refractivity contribution is 0.966. The van der Waals surface area contributed by atoms with Crippen LogP contribution in [0.2, 0.25) is 0 Å². The molecule has 100 valence electrons. The van der Waals surface area contributed by atoms with Gasteiger partial charge in [0.25, 0.3) is 5.56 Å². The van der Waals surface area contributed by atoms with Gasteiger partial charge in [-0.15, -0.1) is 0 Å². The van der Waals surface area contributed by atoms with Gasteiger partial charge in [0.15, 0.2) is 0 Å². The van der Waals surface area contributed by atoms with Gasteiger partial charge in [-0.1, -0.05) is 28.1 Å². The Morgan fingerprint density at radius 2 is 1.74 bits per heavy atom. The monoisotopic (exact) mass is 387 g/mol. The summed E-state index contributed by atoms with van der Waals surface area (Å²) in [5, 5.41) is 3.02. The fourth-order valence-electron chi connectivity index (χ4n) is 1.58. The number of nitrogens with one attached hydrogen (secondary N) is 3. The van der Waals surface area contributed by atoms with Gasteiger partial charge in [-0.3, -0.25) is 14.8 Å². The molecule has 0 spiro atoms. The first-order valence-corrected chi connectivity index (χ1v) is 7.15. The second-order valence-corrected chi connectivity index (χ2v) is 5.61. The summed E-state index contributed by atoms with van der Waals surface area (Å²) in [5.41, 5.74) is 0.188. The highest BCUT2D eigenvalue weighted by molar-refractivity contribution is 9.10. The predicted octanol–water partition coefficient (Wildman–Crippen LogP) is 2.24. The van der Waals surface area contributed by atoms with Crippen LogP contribution in [-0.4, -0.2) is 16.5 Å². The molecule has 0 radical (unpaired) electrons. The summed E-state index contributed by atoms with van der Waals surface area (Å²) in [6, 6.07) is 7.98. The SMILES string of the molecule is O=c1[nH]c(NCCc2ccc(Br)cc2)c(Br)c(=O)[nH]1. The Bertz CT molecular complexity index is 677. The topological polar surface area (TPSA) is 77.8 Å². The molecule has 0 atom stereocenters. The number of aromatic amines is 2. The number of rotatable bonds is 4. The first-order valence-electron chi connectivity index (χ1n) is 5.56. The first-order chi connectivity index (χ1) is 9.06. The first kappa shape index (κ1) is 14.1. The molecular weight excluding hydrogens is 378 g/mol. The number of anilines is 1. The zero-order valence-electron chi connectivity index (χ0n) is 9.80. The van der Waals surface area contributed by atoms with Gasteiger partial charge in [-0.25, -0.2) is 4.79 Å². The lowest BCUT2D eigenvalue weighted by Crippen LogP contribution is -2.25. The third kappa shape index (κ3) is 3.81. The van der Waals surface area contributed by atoms with Gasteiger partial charge >= 0.3 is 5.69 Å². The van der Waals surface area contributed by atoms with E-state index in [0.29, 0.717) is 16.8 Å². The van der Waals surface area contributed by atoms with Crippen LogP contribution in [0.3, 0.4) is 0 Å². The van der Waals surface area contributed by atoms with Crippen molar-refractivity contribution in [2.24, 2.45) is 0 Å². The maximum atomic E-state index is 11.4. The Morgan fingerprint density at radius 3 is 2.42 bits per heavy atom. The Morgan fingerprint density at radius 1 is 1.05 bits per heavy atom. The molecule has 0 aliphatic carbocycles. The van der Waals surface area contributed by atoms with Gasteiger partial charge in [-0.05, 0) is 40.0 Å². The van der Waals surface area contributed by atoms with Crippen LogP contribution < -0.4 is 16.6 Å². The molecule has 0 saturated carbocycles. The molecule has 7 heteroatoms. The van der Waals surface area contributed by atoms with Crippen LogP contribution in [0.25, 0.3) is 0 Å². The molecule has 0 aliphatic rings. The van der Waals surface area contributed by atoms with E-state index in [4.69, 9.17) is 0 Å². The van der Waals surface area contributed by atoms with E-state index < -0.39 is 11.2 Å². The molecule has 5 nitrogen and oxygen atoms in total. The van der Waals surface area contributed by atoms with Crippen molar-refractivity contribution < 1.29 is 0 Å². The second-order valence-electron chi connectivity index (χ2n) is 3.90. The van der Waals surface area contributed by atoms with Crippen LogP contribution in [0.4, 0.5) is 5.82 Å². The molecule has 2 aromatic rings. The molecule has 1 aromatic carbocycles. The number of H-pyrrole nitrogens is 2. The summed E-state index contributed by atoms with van der Waals surface area (Å²) in [5.74, 6) is 0.394. The molecule has 0 unspecified atom stereocenters. The van der Waals surface area contributed by atoms with E-state index in [1.54, 1.807) is 0 Å². The van der Waals surface area contributed by atoms with Crippen molar-refractivity contribution >= 4 is 37.7 Å². The van der Waals surface area contributed by atoms with Crippen LogP contribution in [-0.2, 0) is 6.42 Å². The van der Waals surface area contributed by atoms with Crippen LogP contribution in [0.5, 0.6) is 0 Å². The summed E-state index contributed by atoms with van der Waals surface area (Å²) in [6.07, 6.45) is 0.786. The smallest absolute Gasteiger partial charge is 0.327 e. The molecule has 3 N–H and O–H groups in total. The zero-order valence-corrected chi connectivity index (χ0v) is 13.0. The Balaban J connectivity index is 2.02. The molecule has 0 aliphatic heterocycles. The van der Waals surface area contributed by atoms with Crippen LogP contribution in [0.15, 0.2) is 42.8 Å². The number of halogens is 2. The molecular formula is C12H11Br2N3O2. The van der Waals surface area contributed by atoms with Crippen molar-refractivity contribution in [3.05, 3.63) is 59.6 Å². The van der Waals surface area contributed by atoms with E-state index >= 15 is 0 Å². The van der Waals surface area contributed by atoms with Gasteiger partial charge in [0.05, 0.1) is 0 Å². The fourth-order valence-corrected chi connectivity index (χ4v) is 2.18. The third-order valence-corrected chi connectivity index (χ3v) is 3.80. The van der Waals surface area contributed by atoms with Gasteiger partial charge in [0, 0.05) is 11.0 Å². The Kier molecular flexibility index (Phi) is 4.60. The standard InChI is InChI=1S/C12H11Br2N3O2/c13-8-3-1-7(2-4-8)5-6-15-10-9(14)11(18)17-12(19)16-10/h1-4H,5-6H2,(H3,15,16,17,18,19). The summed E-state index contributed by atoms with van der Waals surface area (Å²) >= 11 is 6.50. The molecule has 1 aromatic heterocycles. The van der Waals surface area contributed by atoms with Crippen molar-refractivity contribution in [3.63, 3.8) is 0 Å². The maximum absolute atomic E-state index is 11.4. The van der Waals surface area contributed by atoms with Crippen LogP contribution in [0.1, 0.15) is 5.56 Å². The molecule has 0 fully saturated rings. The second kappa shape index (κ2) is 6.21. The largest absolute Gasteiger partial charge is 0.370 e. The normalized spacial score (nSPS) is 10.4. The quantitative estimate of drug-likeness (QED) is 0.751. The molecule has 0 bridgehead atoms. The van der Waals surface area contributed by atoms with E-state index in [2.05, 4.69) is 47.1 Å². The lowest BCUT2D eigenvalue weighted by Gasteiger charge is -2.07. The van der Waals surface area contributed by atoms with E-state index in [9.17, 15) is 9.59 Å². The molecule has 0 saturated heterocycles. The number of hydrogen-bond acceptors (Lipinski definition) is 3. The van der Waals surface area contributed by atoms with Crippen molar-refractivity contribution in [1.29, 1.82) is 0 Å². The third-order valence-electron chi connectivity index (χ3n) is 2.51. The van der Waals surface area contributed by atoms with Crippen LogP contribution >= 0.6 is 31.9 Å². The predicted molar refractivity (Wildman–Crippen MR) is 81.7 cm³/mol. The van der Waals surface area contributed by atoms with E-state index in [1.807, 2.05) is 24.3 Å². The van der Waals surface area contributed by atoms with Crippen molar-refractivity contribution in [1.82, 2.24) is 9.97 Å². The molecule has 2 rings (SSSR count). The Hall–Kier alpha value is -1.34. The van der Waals surface area contributed by atoms with Crippen molar-refractivity contribution in [2.75, 3.05) is 11.9 Å². The summed E-state index contributed by atoms with van der Waals surface area (Å²) in [7, 11) is 0. The number of benzene rings is 1. The highest BCUT2D eigenvalue weighted by Gasteiger charge is 2.05. The van der Waals surface area contributed by atoms with E-state index in [-0.39, 0.29) is 0 Å². The average Bonchev–Trinajstić information content (AvgIpc) is 2.37. The molecule has 19 heavy (non-hydrogen) atoms. The zero-order chi connectivity index (χ0) is 13.8. The molecule has 0 amide bonds. The highest BCUT2D eigenvalue weighted by atomic mass is 79.9. The van der Waals surface area contributed by atoms with Crippen LogP contribution in [0, 0.1) is 0 Å². The Labute approximate surface area is 125 Å². The molecule has 1 heterocycles. The van der Waals surface area contributed by atoms with Crippen molar-refractivity contribution in [3.8, 4) is 0 Å². The van der Waals surface area contributed by atoms with Gasteiger partial charge < -0.3 is 5.32 Å². The van der Waals surface area contributed by atoms with E-state index in [0.717, 1.165) is 10.9 Å². The summed E-state index contributed by atoms with van der Waals surface area (Å²) < 4.78 is 1.33. The minimum Gasteiger partial charge on any atom is -0.370 e. The fraction of sp³-hybridized carbons (Fsp3) is 0.167. The lowest BCUT2D eigenvalue weighted by atomic mass is 10.1. The van der Waals surface area contributed by atoms with Gasteiger partial charge in [-0.2, -0.15) is 0 Å². The summed E-state index contributed by atoms with van der Waals surface area (Å²) in [6.45, 7) is 0.611. The highest BCUT2D eigenvalue weighted by Crippen LogP contribution is 2.13. The maximum Gasteiger partial charge on any atom is 0.327 e. The van der Waals surface area contributed by atoms with Gasteiger partial charge in [0.2, 0.25) is 0 Å². The van der Waals surface area contributed by atoms with Gasteiger partial charge in [0.1, 0.15) is 10.3 Å². The minimum atomic E-state index is -0.528. The number of aromatic nitrogens is 2.